The molecule has 0 aliphatic carbocycles. The summed E-state index contributed by atoms with van der Waals surface area (Å²) in [6.07, 6.45) is 0.608. The van der Waals surface area contributed by atoms with Crippen LogP contribution in [-0.4, -0.2) is 41.8 Å². The topological polar surface area (TPSA) is 74.2 Å². The second-order valence-corrected chi connectivity index (χ2v) is 4.13. The average Bonchev–Trinajstić information content (AvgIpc) is 2.83. The molecule has 6 heteroatoms. The van der Waals surface area contributed by atoms with Gasteiger partial charge in [-0.2, -0.15) is 0 Å². The van der Waals surface area contributed by atoms with Crippen molar-refractivity contribution in [2.24, 2.45) is 4.99 Å². The molecule has 1 heterocycles. The van der Waals surface area contributed by atoms with Gasteiger partial charge in [-0.1, -0.05) is 18.2 Å². The maximum atomic E-state index is 10.4. The number of aliphatic imine (C=N–C) groups is 1. The fourth-order valence-electron chi connectivity index (χ4n) is 1.71. The van der Waals surface area contributed by atoms with Gasteiger partial charge in [-0.05, 0) is 18.6 Å². The van der Waals surface area contributed by atoms with Crippen LogP contribution in [0.1, 0.15) is 12.8 Å². The summed E-state index contributed by atoms with van der Waals surface area (Å²) in [7, 11) is 0. The molecule has 1 saturated heterocycles. The van der Waals surface area contributed by atoms with Crippen molar-refractivity contribution >= 4 is 17.6 Å². The summed E-state index contributed by atoms with van der Waals surface area (Å²) in [5, 5.41) is 13.4. The van der Waals surface area contributed by atoms with E-state index in [1.165, 1.54) is 0 Å². The van der Waals surface area contributed by atoms with Crippen molar-refractivity contribution in [3.05, 3.63) is 30.3 Å². The van der Waals surface area contributed by atoms with Crippen LogP contribution in [0.3, 0.4) is 0 Å². The number of carboxylic acid groups (broad SMARTS) is 1. The number of aliphatic carboxylic acids is 1. The molecular weight excluding hydrogens is 246 g/mol. The highest BCUT2D eigenvalue weighted by Gasteiger charge is 2.18. The zero-order chi connectivity index (χ0) is 13.5. The van der Waals surface area contributed by atoms with Gasteiger partial charge in [0.2, 0.25) is 5.96 Å². The molecule has 6 nitrogen and oxygen atoms in total. The van der Waals surface area contributed by atoms with Gasteiger partial charge >= 0.3 is 5.97 Å². The Labute approximate surface area is 111 Å². The number of guanidine groups is 1. The Bertz CT molecular complexity index is 448. The van der Waals surface area contributed by atoms with Crippen LogP contribution in [-0.2, 0) is 9.63 Å². The highest BCUT2D eigenvalue weighted by molar-refractivity contribution is 5.83. The van der Waals surface area contributed by atoms with Crippen LogP contribution in [0, 0.1) is 0 Å². The number of hydroxylamine groups is 2. The monoisotopic (exact) mass is 263 g/mol. The van der Waals surface area contributed by atoms with Gasteiger partial charge < -0.3 is 10.4 Å². The number of nitrogens with zero attached hydrogens (tertiary/aromatic N) is 2. The van der Waals surface area contributed by atoms with Crippen LogP contribution in [0.4, 0.5) is 5.69 Å². The molecule has 0 unspecified atom stereocenters. The summed E-state index contributed by atoms with van der Waals surface area (Å²) in [4.78, 5) is 20.4. The lowest BCUT2D eigenvalue weighted by Gasteiger charge is -2.16. The van der Waals surface area contributed by atoms with Crippen LogP contribution < -0.4 is 5.32 Å². The first-order valence-electron chi connectivity index (χ1n) is 6.25. The molecule has 0 atom stereocenters. The minimum atomic E-state index is -0.804. The van der Waals surface area contributed by atoms with Gasteiger partial charge in [0.25, 0.3) is 0 Å². The van der Waals surface area contributed by atoms with E-state index in [4.69, 9.17) is 9.94 Å². The molecule has 0 saturated carbocycles. The van der Waals surface area contributed by atoms with Crippen LogP contribution >= 0.6 is 0 Å². The normalized spacial score (nSPS) is 16.6. The minimum absolute atomic E-state index is 0.117. The molecule has 1 aromatic rings. The Morgan fingerprint density at radius 1 is 1.42 bits per heavy atom. The molecule has 1 fully saturated rings. The minimum Gasteiger partial charge on any atom is -0.481 e. The van der Waals surface area contributed by atoms with E-state index in [-0.39, 0.29) is 6.42 Å². The molecule has 102 valence electrons. The number of hydrogen-bond donors (Lipinski definition) is 2. The zero-order valence-electron chi connectivity index (χ0n) is 10.6. The number of hydrogen-bond acceptors (Lipinski definition) is 3. The van der Waals surface area contributed by atoms with E-state index in [1.54, 1.807) is 5.06 Å². The maximum Gasteiger partial charge on any atom is 0.303 e. The summed E-state index contributed by atoms with van der Waals surface area (Å²) < 4.78 is 0. The van der Waals surface area contributed by atoms with Crippen LogP contribution in [0.15, 0.2) is 35.3 Å². The third kappa shape index (κ3) is 4.26. The Hall–Kier alpha value is -2.08. The summed E-state index contributed by atoms with van der Waals surface area (Å²) in [5.41, 5.74) is 0.853. The van der Waals surface area contributed by atoms with E-state index in [1.807, 2.05) is 30.3 Å². The number of nitrogens with one attached hydrogen (secondary N) is 1. The van der Waals surface area contributed by atoms with E-state index < -0.39 is 5.97 Å². The van der Waals surface area contributed by atoms with Gasteiger partial charge in [0.05, 0.1) is 18.8 Å². The molecule has 2 rings (SSSR count). The number of benzene rings is 1. The highest BCUT2D eigenvalue weighted by atomic mass is 16.7. The van der Waals surface area contributed by atoms with Gasteiger partial charge in [0, 0.05) is 13.0 Å². The molecule has 0 amide bonds. The molecule has 0 spiro atoms. The molecule has 19 heavy (non-hydrogen) atoms. The molecule has 1 aromatic carbocycles. The van der Waals surface area contributed by atoms with Crippen molar-refractivity contribution in [3.63, 3.8) is 0 Å². The number of rotatable bonds is 6. The van der Waals surface area contributed by atoms with Gasteiger partial charge in [0.15, 0.2) is 0 Å². The van der Waals surface area contributed by atoms with Crippen molar-refractivity contribution in [3.8, 4) is 0 Å². The van der Waals surface area contributed by atoms with E-state index in [2.05, 4.69) is 10.3 Å². The first kappa shape index (κ1) is 13.4. The lowest BCUT2D eigenvalue weighted by Crippen LogP contribution is -2.30. The number of carbonyl (C=O) groups is 1. The predicted molar refractivity (Wildman–Crippen MR) is 71.1 cm³/mol. The first-order chi connectivity index (χ1) is 9.25. The second-order valence-electron chi connectivity index (χ2n) is 4.13. The standard InChI is InChI=1S/C13H17N3O3/c17-12(18)7-4-10-19-16-9-8-14-13(16)15-11-5-2-1-3-6-11/h1-3,5-6H,4,7-10H2,(H,14,15)(H,17,18). The number of carboxylic acids is 1. The first-order valence-corrected chi connectivity index (χ1v) is 6.25. The quantitative estimate of drug-likeness (QED) is 0.758. The third-order valence-electron chi connectivity index (χ3n) is 2.61. The largest absolute Gasteiger partial charge is 0.481 e. The fourth-order valence-corrected chi connectivity index (χ4v) is 1.71. The molecular formula is C13H17N3O3. The Balaban J connectivity index is 1.86. The van der Waals surface area contributed by atoms with Gasteiger partial charge in [0.1, 0.15) is 0 Å². The van der Waals surface area contributed by atoms with Gasteiger partial charge in [-0.25, -0.2) is 10.1 Å². The summed E-state index contributed by atoms with van der Waals surface area (Å²) in [6.45, 7) is 1.85. The molecule has 2 N–H and O–H groups in total. The zero-order valence-corrected chi connectivity index (χ0v) is 10.6. The summed E-state index contributed by atoms with van der Waals surface area (Å²) in [5.74, 6) is -0.136. The Morgan fingerprint density at radius 2 is 2.21 bits per heavy atom. The van der Waals surface area contributed by atoms with Crippen LogP contribution in [0.2, 0.25) is 0 Å². The van der Waals surface area contributed by atoms with Crippen molar-refractivity contribution in [2.45, 2.75) is 12.8 Å². The van der Waals surface area contributed by atoms with E-state index >= 15 is 0 Å². The van der Waals surface area contributed by atoms with Gasteiger partial charge in [-0.15, -0.1) is 0 Å². The Kier molecular flexibility index (Phi) is 4.74. The predicted octanol–water partition coefficient (Wildman–Crippen LogP) is 1.38. The van der Waals surface area contributed by atoms with E-state index in [9.17, 15) is 4.79 Å². The van der Waals surface area contributed by atoms with E-state index in [0.29, 0.717) is 25.5 Å². The number of para-hydroxylation sites is 1. The SMILES string of the molecule is O=C(O)CCCON1CCN/C1=N\c1ccccc1. The summed E-state index contributed by atoms with van der Waals surface area (Å²) in [6, 6.07) is 9.61. The lowest BCUT2D eigenvalue weighted by atomic mass is 10.3. The maximum absolute atomic E-state index is 10.4. The molecule has 1 aliphatic heterocycles. The third-order valence-corrected chi connectivity index (χ3v) is 2.61. The molecule has 0 aromatic heterocycles. The summed E-state index contributed by atoms with van der Waals surface area (Å²) >= 11 is 0. The molecule has 0 bridgehead atoms. The molecule has 0 radical (unpaired) electrons. The second kappa shape index (κ2) is 6.75. The average molecular weight is 263 g/mol. The van der Waals surface area contributed by atoms with E-state index in [0.717, 1.165) is 12.2 Å². The van der Waals surface area contributed by atoms with Gasteiger partial charge in [-0.3, -0.25) is 9.63 Å². The smallest absolute Gasteiger partial charge is 0.303 e. The molecule has 1 aliphatic rings. The van der Waals surface area contributed by atoms with Crippen LogP contribution in [0.5, 0.6) is 0 Å². The van der Waals surface area contributed by atoms with Crippen molar-refractivity contribution in [2.75, 3.05) is 19.7 Å². The van der Waals surface area contributed by atoms with Crippen molar-refractivity contribution in [1.29, 1.82) is 0 Å². The van der Waals surface area contributed by atoms with Crippen molar-refractivity contribution in [1.82, 2.24) is 10.4 Å². The highest BCUT2D eigenvalue weighted by Crippen LogP contribution is 2.12. The Morgan fingerprint density at radius 3 is 2.95 bits per heavy atom. The van der Waals surface area contributed by atoms with Crippen LogP contribution in [0.25, 0.3) is 0 Å². The van der Waals surface area contributed by atoms with Crippen molar-refractivity contribution < 1.29 is 14.7 Å². The lowest BCUT2D eigenvalue weighted by molar-refractivity contribution is -0.138. The fraction of sp³-hybridized carbons (Fsp3) is 0.385.